The Kier molecular flexibility index (Phi) is 5.92. The van der Waals surface area contributed by atoms with Crippen molar-refractivity contribution in [3.05, 3.63) is 35.4 Å². The highest BCUT2D eigenvalue weighted by molar-refractivity contribution is 5.96. The van der Waals surface area contributed by atoms with Gasteiger partial charge in [-0.25, -0.2) is 8.78 Å². The van der Waals surface area contributed by atoms with Gasteiger partial charge in [-0.1, -0.05) is 13.3 Å². The molecule has 0 heterocycles. The van der Waals surface area contributed by atoms with Gasteiger partial charge in [-0.05, 0) is 43.5 Å². The van der Waals surface area contributed by atoms with Crippen LogP contribution in [0.25, 0.3) is 0 Å². The molecule has 0 aliphatic carbocycles. The number of carbonyl (C=O) groups excluding carboxylic acids is 1. The van der Waals surface area contributed by atoms with Gasteiger partial charge in [0.05, 0.1) is 5.56 Å². The Bertz CT molecular complexity index is 407. The summed E-state index contributed by atoms with van der Waals surface area (Å²) >= 11 is 0. The predicted octanol–water partition coefficient (Wildman–Crippen LogP) is 3.30. The first kappa shape index (κ1) is 14.8. The highest BCUT2D eigenvalue weighted by Gasteiger charge is 2.15. The minimum absolute atomic E-state index is 0.155. The molecule has 0 saturated heterocycles. The molecule has 0 amide bonds. The standard InChI is InChI=1S/C14H19F2NO/c1-2-10(7-8-17)3-6-14(18)12-9-11(15)4-5-13(12)16/h4-5,9-10H,2-3,6-8,17H2,1H3. The minimum atomic E-state index is -0.659. The number of hydrogen-bond donors (Lipinski definition) is 1. The molecule has 0 spiro atoms. The maximum atomic E-state index is 13.4. The van der Waals surface area contributed by atoms with Crippen LogP contribution in [0.5, 0.6) is 0 Å². The Morgan fingerprint density at radius 2 is 2.06 bits per heavy atom. The molecule has 1 atom stereocenters. The van der Waals surface area contributed by atoms with E-state index in [0.29, 0.717) is 18.9 Å². The highest BCUT2D eigenvalue weighted by atomic mass is 19.1. The van der Waals surface area contributed by atoms with Crippen molar-refractivity contribution in [1.82, 2.24) is 0 Å². The largest absolute Gasteiger partial charge is 0.330 e. The third kappa shape index (κ3) is 4.18. The van der Waals surface area contributed by atoms with Crippen molar-refractivity contribution in [1.29, 1.82) is 0 Å². The molecule has 1 aromatic rings. The van der Waals surface area contributed by atoms with Gasteiger partial charge in [-0.15, -0.1) is 0 Å². The van der Waals surface area contributed by atoms with E-state index in [0.717, 1.165) is 31.0 Å². The van der Waals surface area contributed by atoms with Gasteiger partial charge in [0, 0.05) is 6.42 Å². The van der Waals surface area contributed by atoms with E-state index in [1.807, 2.05) is 6.92 Å². The molecular weight excluding hydrogens is 236 g/mol. The Morgan fingerprint density at radius 1 is 1.33 bits per heavy atom. The SMILES string of the molecule is CCC(CCN)CCC(=O)c1cc(F)ccc1F. The van der Waals surface area contributed by atoms with Crippen LogP contribution in [0.4, 0.5) is 8.78 Å². The number of benzene rings is 1. The molecule has 0 bridgehead atoms. The maximum Gasteiger partial charge on any atom is 0.165 e. The van der Waals surface area contributed by atoms with E-state index in [4.69, 9.17) is 5.73 Å². The summed E-state index contributed by atoms with van der Waals surface area (Å²) in [6, 6.07) is 2.96. The molecule has 0 radical (unpaired) electrons. The van der Waals surface area contributed by atoms with E-state index in [2.05, 4.69) is 0 Å². The quantitative estimate of drug-likeness (QED) is 0.760. The highest BCUT2D eigenvalue weighted by Crippen LogP contribution is 2.18. The third-order valence-corrected chi connectivity index (χ3v) is 3.16. The average Bonchev–Trinajstić information content (AvgIpc) is 2.37. The van der Waals surface area contributed by atoms with Crippen molar-refractivity contribution in [3.8, 4) is 0 Å². The Labute approximate surface area is 106 Å². The summed E-state index contributed by atoms with van der Waals surface area (Å²) in [5, 5.41) is 0. The van der Waals surface area contributed by atoms with E-state index in [-0.39, 0.29) is 17.8 Å². The summed E-state index contributed by atoms with van der Waals surface area (Å²) in [6.07, 6.45) is 2.70. The lowest BCUT2D eigenvalue weighted by atomic mass is 9.94. The van der Waals surface area contributed by atoms with Crippen LogP contribution >= 0.6 is 0 Å². The lowest BCUT2D eigenvalue weighted by Gasteiger charge is -2.12. The second-order valence-electron chi connectivity index (χ2n) is 4.44. The van der Waals surface area contributed by atoms with E-state index < -0.39 is 11.6 Å². The smallest absolute Gasteiger partial charge is 0.165 e. The number of nitrogens with two attached hydrogens (primary N) is 1. The van der Waals surface area contributed by atoms with Gasteiger partial charge in [-0.3, -0.25) is 4.79 Å². The normalized spacial score (nSPS) is 12.4. The van der Waals surface area contributed by atoms with Crippen molar-refractivity contribution in [3.63, 3.8) is 0 Å². The van der Waals surface area contributed by atoms with Gasteiger partial charge in [0.15, 0.2) is 5.78 Å². The van der Waals surface area contributed by atoms with E-state index >= 15 is 0 Å². The first-order chi connectivity index (χ1) is 8.58. The van der Waals surface area contributed by atoms with Crippen LogP contribution in [0.15, 0.2) is 18.2 Å². The van der Waals surface area contributed by atoms with E-state index in [1.54, 1.807) is 0 Å². The van der Waals surface area contributed by atoms with Crippen LogP contribution in [0.3, 0.4) is 0 Å². The fourth-order valence-electron chi connectivity index (χ4n) is 1.97. The van der Waals surface area contributed by atoms with Crippen molar-refractivity contribution < 1.29 is 13.6 Å². The van der Waals surface area contributed by atoms with Crippen LogP contribution in [-0.4, -0.2) is 12.3 Å². The molecule has 0 aromatic heterocycles. The van der Waals surface area contributed by atoms with Gasteiger partial charge in [-0.2, -0.15) is 0 Å². The number of rotatable bonds is 7. The zero-order valence-electron chi connectivity index (χ0n) is 10.6. The summed E-state index contributed by atoms with van der Waals surface area (Å²) in [5.74, 6) is -1.22. The predicted molar refractivity (Wildman–Crippen MR) is 67.4 cm³/mol. The molecule has 1 unspecified atom stereocenters. The van der Waals surface area contributed by atoms with Gasteiger partial charge in [0.1, 0.15) is 11.6 Å². The number of hydrogen-bond acceptors (Lipinski definition) is 2. The summed E-state index contributed by atoms with van der Waals surface area (Å²) in [4.78, 5) is 11.8. The number of ketones is 1. The van der Waals surface area contributed by atoms with Crippen molar-refractivity contribution in [2.24, 2.45) is 11.7 Å². The summed E-state index contributed by atoms with van der Waals surface area (Å²) in [5.41, 5.74) is 5.32. The van der Waals surface area contributed by atoms with Crippen LogP contribution in [0, 0.1) is 17.6 Å². The topological polar surface area (TPSA) is 43.1 Å². The monoisotopic (exact) mass is 255 g/mol. The number of halogens is 2. The van der Waals surface area contributed by atoms with Gasteiger partial charge in [0.2, 0.25) is 0 Å². The third-order valence-electron chi connectivity index (χ3n) is 3.16. The van der Waals surface area contributed by atoms with Crippen molar-refractivity contribution >= 4 is 5.78 Å². The average molecular weight is 255 g/mol. The molecule has 0 saturated carbocycles. The minimum Gasteiger partial charge on any atom is -0.330 e. The molecule has 0 aliphatic heterocycles. The molecule has 2 N–H and O–H groups in total. The molecule has 2 nitrogen and oxygen atoms in total. The molecule has 0 aliphatic rings. The van der Waals surface area contributed by atoms with Crippen LogP contribution in [0.2, 0.25) is 0 Å². The fourth-order valence-corrected chi connectivity index (χ4v) is 1.97. The van der Waals surface area contributed by atoms with Gasteiger partial charge < -0.3 is 5.73 Å². The fraction of sp³-hybridized carbons (Fsp3) is 0.500. The Balaban J connectivity index is 2.62. The second kappa shape index (κ2) is 7.21. The summed E-state index contributed by atoms with van der Waals surface area (Å²) < 4.78 is 26.3. The van der Waals surface area contributed by atoms with Crippen LogP contribution < -0.4 is 5.73 Å². The molecule has 4 heteroatoms. The first-order valence-corrected chi connectivity index (χ1v) is 6.26. The summed E-state index contributed by atoms with van der Waals surface area (Å²) in [7, 11) is 0. The molecule has 1 aromatic carbocycles. The van der Waals surface area contributed by atoms with Crippen molar-refractivity contribution in [2.75, 3.05) is 6.54 Å². The number of carbonyl (C=O) groups is 1. The molecule has 0 fully saturated rings. The van der Waals surface area contributed by atoms with Gasteiger partial charge >= 0.3 is 0 Å². The van der Waals surface area contributed by atoms with Crippen molar-refractivity contribution in [2.45, 2.75) is 32.6 Å². The zero-order chi connectivity index (χ0) is 13.5. The number of Topliss-reactive ketones (excluding diaryl/α,β-unsaturated/α-hetero) is 1. The first-order valence-electron chi connectivity index (χ1n) is 6.26. The van der Waals surface area contributed by atoms with Gasteiger partial charge in [0.25, 0.3) is 0 Å². The maximum absolute atomic E-state index is 13.4. The lowest BCUT2D eigenvalue weighted by Crippen LogP contribution is -2.11. The molecule has 18 heavy (non-hydrogen) atoms. The second-order valence-corrected chi connectivity index (χ2v) is 4.44. The zero-order valence-corrected chi connectivity index (χ0v) is 10.6. The lowest BCUT2D eigenvalue weighted by molar-refractivity contribution is 0.0968. The van der Waals surface area contributed by atoms with Crippen LogP contribution in [0.1, 0.15) is 43.0 Å². The van der Waals surface area contributed by atoms with E-state index in [9.17, 15) is 13.6 Å². The molecular formula is C14H19F2NO. The Morgan fingerprint density at radius 3 is 2.67 bits per heavy atom. The summed E-state index contributed by atoms with van der Waals surface area (Å²) in [6.45, 7) is 2.62. The molecule has 1 rings (SSSR count). The Hall–Kier alpha value is -1.29. The van der Waals surface area contributed by atoms with E-state index in [1.165, 1.54) is 0 Å². The molecule has 100 valence electrons. The van der Waals surface area contributed by atoms with Crippen LogP contribution in [-0.2, 0) is 0 Å².